The van der Waals surface area contributed by atoms with Gasteiger partial charge in [-0.25, -0.2) is 9.37 Å². The predicted molar refractivity (Wildman–Crippen MR) is 37.8 cm³/mol. The molecule has 0 aliphatic carbocycles. The van der Waals surface area contributed by atoms with Crippen LogP contribution in [0.3, 0.4) is 0 Å². The minimum Gasteiger partial charge on any atom is -0.392 e. The molecule has 0 bridgehead atoms. The molecule has 1 rings (SSSR count). The van der Waals surface area contributed by atoms with Crippen molar-refractivity contribution in [2.45, 2.75) is 6.61 Å². The number of aliphatic hydroxyl groups is 1. The molecular formula is C6H4BrF2NO. The molecule has 0 spiro atoms. The molecule has 1 aromatic rings. The number of rotatable bonds is 1. The highest BCUT2D eigenvalue weighted by Crippen LogP contribution is 2.15. The maximum absolute atomic E-state index is 12.6. The summed E-state index contributed by atoms with van der Waals surface area (Å²) in [6, 6.07) is 1.22. The van der Waals surface area contributed by atoms with Gasteiger partial charge in [0.05, 0.1) is 6.61 Å². The van der Waals surface area contributed by atoms with E-state index in [0.29, 0.717) is 0 Å². The van der Waals surface area contributed by atoms with Gasteiger partial charge in [0.2, 0.25) is 5.95 Å². The number of hydrogen-bond donors (Lipinski definition) is 1. The van der Waals surface area contributed by atoms with Gasteiger partial charge in [0.15, 0.2) is 5.82 Å². The van der Waals surface area contributed by atoms with Crippen molar-refractivity contribution in [2.75, 3.05) is 0 Å². The third kappa shape index (κ3) is 1.72. The Morgan fingerprint density at radius 2 is 2.18 bits per heavy atom. The zero-order chi connectivity index (χ0) is 8.43. The van der Waals surface area contributed by atoms with Crippen molar-refractivity contribution in [2.24, 2.45) is 0 Å². The van der Waals surface area contributed by atoms with E-state index in [4.69, 9.17) is 5.11 Å². The Hall–Kier alpha value is -0.550. The fraction of sp³-hybridized carbons (Fsp3) is 0.167. The van der Waals surface area contributed by atoms with Crippen LogP contribution < -0.4 is 0 Å². The number of pyridine rings is 1. The minimum atomic E-state index is -1.21. The summed E-state index contributed by atoms with van der Waals surface area (Å²) in [5.74, 6) is -2.31. The summed E-state index contributed by atoms with van der Waals surface area (Å²) in [7, 11) is 0. The zero-order valence-corrected chi connectivity index (χ0v) is 6.90. The highest BCUT2D eigenvalue weighted by molar-refractivity contribution is 9.10. The average Bonchev–Trinajstić information content (AvgIpc) is 1.96. The van der Waals surface area contributed by atoms with E-state index in [1.54, 1.807) is 0 Å². The fourth-order valence-corrected chi connectivity index (χ4v) is 1.06. The number of halogens is 3. The Morgan fingerprint density at radius 3 is 2.73 bits per heavy atom. The maximum atomic E-state index is 12.6. The van der Waals surface area contributed by atoms with Crippen molar-refractivity contribution >= 4 is 15.9 Å². The molecule has 0 aromatic carbocycles. The Bertz CT molecular complexity index is 280. The lowest BCUT2D eigenvalue weighted by Crippen LogP contribution is -1.97. The zero-order valence-electron chi connectivity index (χ0n) is 5.31. The van der Waals surface area contributed by atoms with E-state index in [1.807, 2.05) is 0 Å². The van der Waals surface area contributed by atoms with E-state index in [0.717, 1.165) is 0 Å². The lowest BCUT2D eigenvalue weighted by molar-refractivity contribution is 0.272. The van der Waals surface area contributed by atoms with E-state index in [9.17, 15) is 8.78 Å². The third-order valence-electron chi connectivity index (χ3n) is 1.13. The minimum absolute atomic E-state index is 0.107. The summed E-state index contributed by atoms with van der Waals surface area (Å²) in [5.41, 5.74) is -0.107. The van der Waals surface area contributed by atoms with Crippen molar-refractivity contribution in [1.29, 1.82) is 0 Å². The summed E-state index contributed by atoms with van der Waals surface area (Å²) in [6.07, 6.45) is 0. The molecule has 0 unspecified atom stereocenters. The number of aromatic nitrogens is 1. The molecule has 1 N–H and O–H groups in total. The molecule has 0 saturated heterocycles. The number of nitrogens with zero attached hydrogens (tertiary/aromatic N) is 1. The van der Waals surface area contributed by atoms with Gasteiger partial charge in [0.25, 0.3) is 0 Å². The van der Waals surface area contributed by atoms with Crippen LogP contribution in [0.15, 0.2) is 10.7 Å². The van der Waals surface area contributed by atoms with E-state index >= 15 is 0 Å². The van der Waals surface area contributed by atoms with Crippen molar-refractivity contribution in [3.05, 3.63) is 28.0 Å². The van der Waals surface area contributed by atoms with Gasteiger partial charge in [0, 0.05) is 5.56 Å². The molecular weight excluding hydrogens is 220 g/mol. The Kier molecular flexibility index (Phi) is 2.51. The van der Waals surface area contributed by atoms with Gasteiger partial charge in [0.1, 0.15) is 4.60 Å². The summed E-state index contributed by atoms with van der Waals surface area (Å²) < 4.78 is 25.1. The number of hydrogen-bond acceptors (Lipinski definition) is 2. The summed E-state index contributed by atoms with van der Waals surface area (Å²) in [5, 5.41) is 8.51. The van der Waals surface area contributed by atoms with E-state index < -0.39 is 18.4 Å². The molecule has 0 atom stereocenters. The van der Waals surface area contributed by atoms with Crippen molar-refractivity contribution < 1.29 is 13.9 Å². The molecule has 0 aliphatic heterocycles. The van der Waals surface area contributed by atoms with Gasteiger partial charge < -0.3 is 5.11 Å². The first-order valence-electron chi connectivity index (χ1n) is 2.76. The average molecular weight is 224 g/mol. The van der Waals surface area contributed by atoms with E-state index in [1.165, 1.54) is 6.07 Å². The standard InChI is InChI=1S/C6H4BrF2NO/c7-4-1-3(2-11)5(8)6(9)10-4/h1,11H,2H2. The van der Waals surface area contributed by atoms with Gasteiger partial charge in [-0.05, 0) is 22.0 Å². The largest absolute Gasteiger partial charge is 0.392 e. The monoisotopic (exact) mass is 223 g/mol. The Balaban J connectivity index is 3.24. The smallest absolute Gasteiger partial charge is 0.250 e. The normalized spacial score (nSPS) is 10.2. The van der Waals surface area contributed by atoms with E-state index in [-0.39, 0.29) is 10.2 Å². The second kappa shape index (κ2) is 3.23. The highest BCUT2D eigenvalue weighted by atomic mass is 79.9. The fourth-order valence-electron chi connectivity index (χ4n) is 0.630. The van der Waals surface area contributed by atoms with Crippen LogP contribution in [0.1, 0.15) is 5.56 Å². The van der Waals surface area contributed by atoms with Crippen LogP contribution in [-0.2, 0) is 6.61 Å². The summed E-state index contributed by atoms with van der Waals surface area (Å²) in [4.78, 5) is 3.15. The lowest BCUT2D eigenvalue weighted by Gasteiger charge is -1.99. The maximum Gasteiger partial charge on any atom is 0.250 e. The Labute approximate surface area is 70.0 Å². The van der Waals surface area contributed by atoms with Crippen LogP contribution >= 0.6 is 15.9 Å². The van der Waals surface area contributed by atoms with Crippen LogP contribution in [-0.4, -0.2) is 10.1 Å². The van der Waals surface area contributed by atoms with Gasteiger partial charge >= 0.3 is 0 Å². The molecule has 0 radical (unpaired) electrons. The lowest BCUT2D eigenvalue weighted by atomic mass is 10.3. The van der Waals surface area contributed by atoms with Crippen LogP contribution in [0.2, 0.25) is 0 Å². The SMILES string of the molecule is OCc1cc(Br)nc(F)c1F. The molecule has 1 aromatic heterocycles. The summed E-state index contributed by atoms with van der Waals surface area (Å²) in [6.45, 7) is -0.538. The van der Waals surface area contributed by atoms with Gasteiger partial charge in [-0.2, -0.15) is 4.39 Å². The first-order chi connectivity index (χ1) is 5.15. The van der Waals surface area contributed by atoms with Crippen LogP contribution in [0.5, 0.6) is 0 Å². The second-order valence-corrected chi connectivity index (χ2v) is 2.68. The van der Waals surface area contributed by atoms with Gasteiger partial charge in [-0.1, -0.05) is 0 Å². The Morgan fingerprint density at radius 1 is 1.55 bits per heavy atom. The number of aliphatic hydroxyl groups excluding tert-OH is 1. The van der Waals surface area contributed by atoms with E-state index in [2.05, 4.69) is 20.9 Å². The highest BCUT2D eigenvalue weighted by Gasteiger charge is 2.09. The van der Waals surface area contributed by atoms with Crippen molar-refractivity contribution in [3.8, 4) is 0 Å². The van der Waals surface area contributed by atoms with Gasteiger partial charge in [-0.3, -0.25) is 0 Å². The molecule has 0 saturated carbocycles. The van der Waals surface area contributed by atoms with Crippen LogP contribution in [0, 0.1) is 11.8 Å². The van der Waals surface area contributed by atoms with Gasteiger partial charge in [-0.15, -0.1) is 0 Å². The molecule has 0 amide bonds. The third-order valence-corrected chi connectivity index (χ3v) is 1.54. The van der Waals surface area contributed by atoms with Crippen molar-refractivity contribution in [3.63, 3.8) is 0 Å². The molecule has 2 nitrogen and oxygen atoms in total. The van der Waals surface area contributed by atoms with Crippen LogP contribution in [0.4, 0.5) is 8.78 Å². The quantitative estimate of drug-likeness (QED) is 0.735. The second-order valence-electron chi connectivity index (χ2n) is 1.87. The first kappa shape index (κ1) is 8.55. The first-order valence-corrected chi connectivity index (χ1v) is 3.55. The van der Waals surface area contributed by atoms with Crippen LogP contribution in [0.25, 0.3) is 0 Å². The predicted octanol–water partition coefficient (Wildman–Crippen LogP) is 1.61. The molecule has 5 heteroatoms. The molecule has 0 aliphatic rings. The topological polar surface area (TPSA) is 33.1 Å². The molecule has 60 valence electrons. The summed E-state index contributed by atoms with van der Waals surface area (Å²) >= 11 is 2.86. The molecule has 1 heterocycles. The molecule has 0 fully saturated rings. The molecule has 11 heavy (non-hydrogen) atoms. The van der Waals surface area contributed by atoms with Crippen molar-refractivity contribution in [1.82, 2.24) is 4.98 Å².